The average molecular weight is 396 g/mol. The summed E-state index contributed by atoms with van der Waals surface area (Å²) < 4.78 is 0. The van der Waals surface area contributed by atoms with E-state index in [2.05, 4.69) is 20.3 Å². The van der Waals surface area contributed by atoms with E-state index in [1.54, 1.807) is 24.5 Å². The van der Waals surface area contributed by atoms with Crippen molar-refractivity contribution in [2.24, 2.45) is 0 Å². The summed E-state index contributed by atoms with van der Waals surface area (Å²) >= 11 is 0. The molecule has 1 aliphatic heterocycles. The molecule has 1 atom stereocenters. The summed E-state index contributed by atoms with van der Waals surface area (Å²) in [6.07, 6.45) is 3.99. The number of pyridine rings is 1. The molecule has 1 unspecified atom stereocenters. The van der Waals surface area contributed by atoms with E-state index in [0.29, 0.717) is 35.9 Å². The summed E-state index contributed by atoms with van der Waals surface area (Å²) in [5.74, 6) is 0.329. The normalized spacial score (nSPS) is 16.2. The van der Waals surface area contributed by atoms with Crippen molar-refractivity contribution in [3.63, 3.8) is 0 Å². The van der Waals surface area contributed by atoms with Crippen molar-refractivity contribution in [3.05, 3.63) is 47.0 Å². The van der Waals surface area contributed by atoms with Crippen molar-refractivity contribution in [2.75, 3.05) is 32.1 Å². The Balaban J connectivity index is 1.86. The molecule has 1 saturated heterocycles. The molecule has 3 heterocycles. The molecule has 8 heteroatoms. The van der Waals surface area contributed by atoms with Gasteiger partial charge < -0.3 is 15.1 Å². The van der Waals surface area contributed by atoms with Crippen molar-refractivity contribution < 1.29 is 9.59 Å². The highest BCUT2D eigenvalue weighted by Gasteiger charge is 2.32. The van der Waals surface area contributed by atoms with Gasteiger partial charge in [-0.15, -0.1) is 0 Å². The van der Waals surface area contributed by atoms with Gasteiger partial charge in [-0.2, -0.15) is 0 Å². The van der Waals surface area contributed by atoms with Crippen LogP contribution in [0.15, 0.2) is 24.5 Å². The molecule has 1 N–H and O–H groups in total. The van der Waals surface area contributed by atoms with E-state index < -0.39 is 0 Å². The lowest BCUT2D eigenvalue weighted by atomic mass is 9.99. The van der Waals surface area contributed by atoms with Gasteiger partial charge in [-0.25, -0.2) is 9.97 Å². The first kappa shape index (κ1) is 20.7. The number of nitrogens with zero attached hydrogens (tertiary/aromatic N) is 5. The number of aryl methyl sites for hydroxylation is 1. The van der Waals surface area contributed by atoms with Gasteiger partial charge >= 0.3 is 0 Å². The molecule has 3 rings (SSSR count). The van der Waals surface area contributed by atoms with Gasteiger partial charge in [0.1, 0.15) is 0 Å². The molecule has 0 radical (unpaired) electrons. The van der Waals surface area contributed by atoms with Gasteiger partial charge in [0.15, 0.2) is 0 Å². The molecule has 0 aliphatic carbocycles. The Bertz CT molecular complexity index is 912. The Kier molecular flexibility index (Phi) is 6.10. The second-order valence-electron chi connectivity index (χ2n) is 7.91. The summed E-state index contributed by atoms with van der Waals surface area (Å²) in [5.41, 5.74) is 2.62. The molecule has 154 valence electrons. The van der Waals surface area contributed by atoms with E-state index in [-0.39, 0.29) is 23.8 Å². The molecule has 8 nitrogen and oxygen atoms in total. The molecule has 2 amide bonds. The van der Waals surface area contributed by atoms with Gasteiger partial charge in [-0.3, -0.25) is 14.6 Å². The average Bonchev–Trinajstić information content (AvgIpc) is 3.16. The molecule has 2 aromatic rings. The zero-order valence-electron chi connectivity index (χ0n) is 17.6. The van der Waals surface area contributed by atoms with Gasteiger partial charge in [0.25, 0.3) is 11.8 Å². The monoisotopic (exact) mass is 396 g/mol. The maximum atomic E-state index is 12.9. The Morgan fingerprint density at radius 3 is 2.69 bits per heavy atom. The minimum atomic E-state index is -0.185. The molecule has 0 bridgehead atoms. The topological polar surface area (TPSA) is 91.3 Å². The van der Waals surface area contributed by atoms with Gasteiger partial charge in [0, 0.05) is 62.8 Å². The van der Waals surface area contributed by atoms with Crippen LogP contribution in [0.25, 0.3) is 0 Å². The number of amides is 2. The summed E-state index contributed by atoms with van der Waals surface area (Å²) in [6, 6.07) is 3.55. The van der Waals surface area contributed by atoms with Gasteiger partial charge in [-0.1, -0.05) is 0 Å². The van der Waals surface area contributed by atoms with E-state index in [0.717, 1.165) is 12.1 Å². The van der Waals surface area contributed by atoms with Crippen LogP contribution >= 0.6 is 0 Å². The summed E-state index contributed by atoms with van der Waals surface area (Å²) in [5, 5.41) is 2.92. The SMILES string of the molecule is Cc1cc(C(=O)N2CCC(c3nc(N(C)C)ncc3C(=O)NC(C)C)C2)ccn1. The van der Waals surface area contributed by atoms with E-state index in [4.69, 9.17) is 0 Å². The number of anilines is 1. The molecule has 1 fully saturated rings. The lowest BCUT2D eigenvalue weighted by molar-refractivity contribution is 0.0790. The summed E-state index contributed by atoms with van der Waals surface area (Å²) in [6.45, 7) is 6.84. The molecule has 0 spiro atoms. The fourth-order valence-electron chi connectivity index (χ4n) is 3.46. The van der Waals surface area contributed by atoms with Crippen molar-refractivity contribution in [1.29, 1.82) is 0 Å². The van der Waals surface area contributed by atoms with Gasteiger partial charge in [0.2, 0.25) is 5.95 Å². The first-order chi connectivity index (χ1) is 13.8. The van der Waals surface area contributed by atoms with E-state index in [9.17, 15) is 9.59 Å². The van der Waals surface area contributed by atoms with Crippen molar-refractivity contribution in [2.45, 2.75) is 39.2 Å². The van der Waals surface area contributed by atoms with Crippen LogP contribution in [0.1, 0.15) is 58.3 Å². The molecular formula is C21H28N6O2. The lowest BCUT2D eigenvalue weighted by Gasteiger charge is -2.20. The minimum Gasteiger partial charge on any atom is -0.350 e. The van der Waals surface area contributed by atoms with E-state index in [1.165, 1.54) is 0 Å². The van der Waals surface area contributed by atoms with Gasteiger partial charge in [0.05, 0.1) is 11.3 Å². The number of aromatic nitrogens is 3. The maximum Gasteiger partial charge on any atom is 0.254 e. The van der Waals surface area contributed by atoms with Crippen LogP contribution < -0.4 is 10.2 Å². The Labute approximate surface area is 171 Å². The molecule has 2 aromatic heterocycles. The van der Waals surface area contributed by atoms with E-state index in [1.807, 2.05) is 44.7 Å². The third-order valence-electron chi connectivity index (χ3n) is 4.88. The standard InChI is InChI=1S/C21H28N6O2/c1-13(2)24-19(28)17-11-23-21(26(4)5)25-18(17)16-7-9-27(12-16)20(29)15-6-8-22-14(3)10-15/h6,8,10-11,13,16H,7,9,12H2,1-5H3,(H,24,28). The lowest BCUT2D eigenvalue weighted by Crippen LogP contribution is -2.32. The predicted octanol–water partition coefficient (Wildman–Crippen LogP) is 2.01. The fraction of sp³-hybridized carbons (Fsp3) is 0.476. The highest BCUT2D eigenvalue weighted by atomic mass is 16.2. The van der Waals surface area contributed by atoms with Crippen LogP contribution in [0.4, 0.5) is 5.95 Å². The molecule has 0 saturated carbocycles. The van der Waals surface area contributed by atoms with Gasteiger partial charge in [-0.05, 0) is 39.3 Å². The number of hydrogen-bond donors (Lipinski definition) is 1. The summed E-state index contributed by atoms with van der Waals surface area (Å²) in [7, 11) is 3.73. The van der Waals surface area contributed by atoms with Crippen LogP contribution in [0.2, 0.25) is 0 Å². The second kappa shape index (κ2) is 8.55. The smallest absolute Gasteiger partial charge is 0.254 e. The quantitative estimate of drug-likeness (QED) is 0.831. The number of carbonyl (C=O) groups is 2. The van der Waals surface area contributed by atoms with Crippen LogP contribution in [-0.2, 0) is 0 Å². The minimum absolute atomic E-state index is 0.0143. The Hall–Kier alpha value is -3.03. The molecule has 0 aromatic carbocycles. The highest BCUT2D eigenvalue weighted by molar-refractivity contribution is 5.96. The second-order valence-corrected chi connectivity index (χ2v) is 7.91. The van der Waals surface area contributed by atoms with Crippen LogP contribution in [-0.4, -0.2) is 64.9 Å². The summed E-state index contributed by atoms with van der Waals surface area (Å²) in [4.78, 5) is 42.4. The zero-order chi connectivity index (χ0) is 21.1. The zero-order valence-corrected chi connectivity index (χ0v) is 17.6. The third-order valence-corrected chi connectivity index (χ3v) is 4.88. The van der Waals surface area contributed by atoms with Crippen molar-refractivity contribution in [3.8, 4) is 0 Å². The number of likely N-dealkylation sites (tertiary alicyclic amines) is 1. The number of hydrogen-bond acceptors (Lipinski definition) is 6. The Morgan fingerprint density at radius 2 is 2.03 bits per heavy atom. The number of nitrogens with one attached hydrogen (secondary N) is 1. The number of carbonyl (C=O) groups excluding carboxylic acids is 2. The van der Waals surface area contributed by atoms with Crippen molar-refractivity contribution in [1.82, 2.24) is 25.2 Å². The maximum absolute atomic E-state index is 12.9. The van der Waals surface area contributed by atoms with E-state index >= 15 is 0 Å². The van der Waals surface area contributed by atoms with Crippen molar-refractivity contribution >= 4 is 17.8 Å². The first-order valence-electron chi connectivity index (χ1n) is 9.83. The fourth-order valence-corrected chi connectivity index (χ4v) is 3.46. The molecule has 29 heavy (non-hydrogen) atoms. The third kappa shape index (κ3) is 4.70. The largest absolute Gasteiger partial charge is 0.350 e. The highest BCUT2D eigenvalue weighted by Crippen LogP contribution is 2.30. The predicted molar refractivity (Wildman–Crippen MR) is 111 cm³/mol. The van der Waals surface area contributed by atoms with Crippen LogP contribution in [0, 0.1) is 6.92 Å². The molecule has 1 aliphatic rings. The number of rotatable bonds is 5. The van der Waals surface area contributed by atoms with Crippen LogP contribution in [0.5, 0.6) is 0 Å². The Morgan fingerprint density at radius 1 is 1.28 bits per heavy atom. The first-order valence-corrected chi connectivity index (χ1v) is 9.83. The van der Waals surface area contributed by atoms with Crippen LogP contribution in [0.3, 0.4) is 0 Å². The molecular weight excluding hydrogens is 368 g/mol.